The zero-order valence-corrected chi connectivity index (χ0v) is 13.5. The topological polar surface area (TPSA) is 32.6 Å². The third kappa shape index (κ3) is 4.07. The molecule has 0 amide bonds. The Morgan fingerprint density at radius 1 is 1.05 bits per heavy atom. The molecule has 0 aliphatic rings. The Balaban J connectivity index is 2.26. The van der Waals surface area contributed by atoms with Gasteiger partial charge in [0.1, 0.15) is 5.75 Å². The van der Waals surface area contributed by atoms with Gasteiger partial charge < -0.3 is 5.11 Å². The fourth-order valence-electron chi connectivity index (χ4n) is 1.56. The Morgan fingerprint density at radius 3 is 2.24 bits per heavy atom. The highest BCUT2D eigenvalue weighted by Crippen LogP contribution is 2.32. The molecule has 1 N–H and O–H groups in total. The van der Waals surface area contributed by atoms with Crippen LogP contribution in [0.15, 0.2) is 50.3 Å². The number of hydrogen-bond acceptors (Lipinski definition) is 2. The summed E-state index contributed by atoms with van der Waals surface area (Å²) in [7, 11) is 0. The van der Waals surface area contributed by atoms with E-state index < -0.39 is 11.7 Å². The van der Waals surface area contributed by atoms with E-state index in [0.29, 0.717) is 15.7 Å². The maximum absolute atomic E-state index is 12.4. The van der Waals surface area contributed by atoms with Crippen LogP contribution in [0.25, 0.3) is 0 Å². The van der Waals surface area contributed by atoms with E-state index in [9.17, 15) is 18.3 Å². The third-order valence-electron chi connectivity index (χ3n) is 2.60. The number of alkyl halides is 3. The van der Waals surface area contributed by atoms with Gasteiger partial charge in [0.05, 0.1) is 15.7 Å². The zero-order valence-electron chi connectivity index (χ0n) is 10.3. The van der Waals surface area contributed by atoms with Crippen molar-refractivity contribution in [2.75, 3.05) is 0 Å². The van der Waals surface area contributed by atoms with E-state index in [2.05, 4.69) is 36.9 Å². The lowest BCUT2D eigenvalue weighted by molar-refractivity contribution is -0.137. The van der Waals surface area contributed by atoms with Gasteiger partial charge in [-0.15, -0.1) is 0 Å². The summed E-state index contributed by atoms with van der Waals surface area (Å²) in [5.74, 6) is 0.00821. The first-order valence-electron chi connectivity index (χ1n) is 5.67. The van der Waals surface area contributed by atoms with Gasteiger partial charge in [0.2, 0.25) is 0 Å². The van der Waals surface area contributed by atoms with Crippen molar-refractivity contribution in [3.63, 3.8) is 0 Å². The summed E-state index contributed by atoms with van der Waals surface area (Å²) in [6.45, 7) is 0. The largest absolute Gasteiger partial charge is 0.506 e. The summed E-state index contributed by atoms with van der Waals surface area (Å²) in [6.07, 6.45) is -2.98. The van der Waals surface area contributed by atoms with Crippen LogP contribution in [0, 0.1) is 0 Å². The lowest BCUT2D eigenvalue weighted by Crippen LogP contribution is -2.03. The number of benzene rings is 2. The minimum absolute atomic E-state index is 0.00821. The molecule has 0 saturated heterocycles. The van der Waals surface area contributed by atoms with Gasteiger partial charge in [0.25, 0.3) is 0 Å². The summed E-state index contributed by atoms with van der Waals surface area (Å²) >= 11 is 6.46. The number of hydrogen-bond donors (Lipinski definition) is 1. The van der Waals surface area contributed by atoms with Crippen molar-refractivity contribution in [2.45, 2.75) is 6.18 Å². The van der Waals surface area contributed by atoms with Gasteiger partial charge in [-0.3, -0.25) is 4.99 Å². The molecule has 0 aliphatic heterocycles. The zero-order chi connectivity index (χ0) is 15.6. The molecule has 0 bridgehead atoms. The Labute approximate surface area is 135 Å². The summed E-state index contributed by atoms with van der Waals surface area (Å²) in [6, 6.07) is 7.78. The molecule has 2 aromatic carbocycles. The standard InChI is InChI=1S/C14H8Br2F3NO/c15-10-5-8(13(21)12(16)6-10)7-20-11-3-1-9(2-4-11)14(17,18)19/h1-7,21H/b20-7+. The second-order valence-electron chi connectivity index (χ2n) is 4.13. The van der Waals surface area contributed by atoms with E-state index in [0.717, 1.165) is 16.6 Å². The Kier molecular flexibility index (Phi) is 4.73. The van der Waals surface area contributed by atoms with Gasteiger partial charge in [0.15, 0.2) is 0 Å². The van der Waals surface area contributed by atoms with Crippen molar-refractivity contribution in [3.8, 4) is 5.75 Å². The SMILES string of the molecule is Oc1c(Br)cc(Br)cc1/C=N/c1ccc(C(F)(F)F)cc1. The van der Waals surface area contributed by atoms with Gasteiger partial charge in [0, 0.05) is 16.3 Å². The number of nitrogens with zero attached hydrogens (tertiary/aromatic N) is 1. The monoisotopic (exact) mass is 421 g/mol. The Hall–Kier alpha value is -1.34. The maximum atomic E-state index is 12.4. The van der Waals surface area contributed by atoms with Crippen LogP contribution in [-0.4, -0.2) is 11.3 Å². The van der Waals surface area contributed by atoms with Crippen LogP contribution in [0.2, 0.25) is 0 Å². The Morgan fingerprint density at radius 2 is 1.67 bits per heavy atom. The van der Waals surface area contributed by atoms with Crippen LogP contribution in [-0.2, 0) is 6.18 Å². The number of rotatable bonds is 2. The van der Waals surface area contributed by atoms with E-state index in [1.807, 2.05) is 0 Å². The van der Waals surface area contributed by atoms with Crippen molar-refractivity contribution in [2.24, 2.45) is 4.99 Å². The number of phenolic OH excluding ortho intramolecular Hbond substituents is 1. The molecular formula is C14H8Br2F3NO. The van der Waals surface area contributed by atoms with Crippen molar-refractivity contribution < 1.29 is 18.3 Å². The molecule has 0 saturated carbocycles. The van der Waals surface area contributed by atoms with E-state index >= 15 is 0 Å². The van der Waals surface area contributed by atoms with Gasteiger partial charge in [-0.05, 0) is 52.3 Å². The minimum atomic E-state index is -4.37. The average Bonchev–Trinajstić information content (AvgIpc) is 2.40. The van der Waals surface area contributed by atoms with E-state index in [-0.39, 0.29) is 5.75 Å². The predicted molar refractivity (Wildman–Crippen MR) is 82.2 cm³/mol. The molecule has 0 aliphatic carbocycles. The van der Waals surface area contributed by atoms with Gasteiger partial charge in [-0.2, -0.15) is 13.2 Å². The molecule has 7 heteroatoms. The van der Waals surface area contributed by atoms with Crippen LogP contribution >= 0.6 is 31.9 Å². The van der Waals surface area contributed by atoms with Gasteiger partial charge >= 0.3 is 6.18 Å². The van der Waals surface area contributed by atoms with Crippen LogP contribution in [0.5, 0.6) is 5.75 Å². The molecule has 110 valence electrons. The first-order chi connectivity index (χ1) is 9.77. The summed E-state index contributed by atoms with van der Waals surface area (Å²) < 4.78 is 38.5. The summed E-state index contributed by atoms with van der Waals surface area (Å²) in [5.41, 5.74) is 0.0733. The number of halogens is 5. The van der Waals surface area contributed by atoms with Gasteiger partial charge in [-0.25, -0.2) is 0 Å². The minimum Gasteiger partial charge on any atom is -0.506 e. The molecule has 0 heterocycles. The smallest absolute Gasteiger partial charge is 0.416 e. The molecular weight excluding hydrogens is 415 g/mol. The molecule has 0 unspecified atom stereocenters. The highest BCUT2D eigenvalue weighted by Gasteiger charge is 2.29. The maximum Gasteiger partial charge on any atom is 0.416 e. The van der Waals surface area contributed by atoms with Crippen LogP contribution in [0.1, 0.15) is 11.1 Å². The van der Waals surface area contributed by atoms with Crippen LogP contribution in [0.3, 0.4) is 0 Å². The quantitative estimate of drug-likeness (QED) is 0.620. The van der Waals surface area contributed by atoms with Crippen molar-refractivity contribution in [1.82, 2.24) is 0 Å². The number of aromatic hydroxyl groups is 1. The lowest BCUT2D eigenvalue weighted by Gasteiger charge is -2.06. The fourth-order valence-corrected chi connectivity index (χ4v) is 2.82. The van der Waals surface area contributed by atoms with E-state index in [1.165, 1.54) is 18.3 Å². The molecule has 2 rings (SSSR count). The van der Waals surface area contributed by atoms with E-state index in [1.54, 1.807) is 12.1 Å². The average molecular weight is 423 g/mol. The molecule has 0 atom stereocenters. The molecule has 2 aromatic rings. The first kappa shape index (κ1) is 16.0. The lowest BCUT2D eigenvalue weighted by atomic mass is 10.2. The molecule has 0 spiro atoms. The van der Waals surface area contributed by atoms with Crippen molar-refractivity contribution >= 4 is 43.8 Å². The van der Waals surface area contributed by atoms with E-state index in [4.69, 9.17) is 0 Å². The summed E-state index contributed by atoms with van der Waals surface area (Å²) in [5, 5.41) is 9.84. The third-order valence-corrected chi connectivity index (χ3v) is 3.67. The molecule has 0 fully saturated rings. The highest BCUT2D eigenvalue weighted by molar-refractivity contribution is 9.11. The molecule has 0 radical (unpaired) electrons. The number of aliphatic imine (C=N–C) groups is 1. The van der Waals surface area contributed by atoms with Gasteiger partial charge in [-0.1, -0.05) is 15.9 Å². The summed E-state index contributed by atoms with van der Waals surface area (Å²) in [4.78, 5) is 4.05. The van der Waals surface area contributed by atoms with Crippen LogP contribution in [0.4, 0.5) is 18.9 Å². The fraction of sp³-hybridized carbons (Fsp3) is 0.0714. The second-order valence-corrected chi connectivity index (χ2v) is 5.90. The van der Waals surface area contributed by atoms with Crippen LogP contribution < -0.4 is 0 Å². The molecule has 0 aromatic heterocycles. The normalized spacial score (nSPS) is 12.0. The highest BCUT2D eigenvalue weighted by atomic mass is 79.9. The number of phenols is 1. The van der Waals surface area contributed by atoms with Crippen molar-refractivity contribution in [1.29, 1.82) is 0 Å². The molecule has 2 nitrogen and oxygen atoms in total. The van der Waals surface area contributed by atoms with Crippen molar-refractivity contribution in [3.05, 3.63) is 56.5 Å². The predicted octanol–water partition coefficient (Wildman–Crippen LogP) is 5.69. The second kappa shape index (κ2) is 6.19. The molecule has 21 heavy (non-hydrogen) atoms. The first-order valence-corrected chi connectivity index (χ1v) is 7.25. The Bertz CT molecular complexity index is 682.